The standard InChI is InChI=1S/C22H22Cl2FN3O3/c1-3-21(29)27-6-8-28(9-7-27)22(30)13-26-19-11-16(18(25)12-20(19)31-2)15-10-14(23)4-5-17(15)24/h3-5,10-12,26H,1,6-9,13H2,2H3. The Hall–Kier alpha value is -2.77. The number of carbonyl (C=O) groups excluding carboxylic acids is 2. The van der Waals surface area contributed by atoms with Crippen molar-refractivity contribution in [3.05, 3.63) is 58.8 Å². The van der Waals surface area contributed by atoms with Crippen LogP contribution in [0.25, 0.3) is 11.1 Å². The lowest BCUT2D eigenvalue weighted by Gasteiger charge is -2.34. The van der Waals surface area contributed by atoms with Crippen molar-refractivity contribution in [2.45, 2.75) is 0 Å². The van der Waals surface area contributed by atoms with Crippen LogP contribution in [0, 0.1) is 5.82 Å². The van der Waals surface area contributed by atoms with Crippen LogP contribution >= 0.6 is 23.2 Å². The molecule has 164 valence electrons. The molecular formula is C22H22Cl2FN3O3. The number of methoxy groups -OCH3 is 1. The summed E-state index contributed by atoms with van der Waals surface area (Å²) in [5.74, 6) is -0.553. The highest BCUT2D eigenvalue weighted by atomic mass is 35.5. The van der Waals surface area contributed by atoms with Gasteiger partial charge in [-0.3, -0.25) is 9.59 Å². The molecule has 2 amide bonds. The number of anilines is 1. The van der Waals surface area contributed by atoms with Crippen molar-refractivity contribution in [1.29, 1.82) is 0 Å². The molecule has 0 bridgehead atoms. The van der Waals surface area contributed by atoms with Crippen molar-refractivity contribution in [1.82, 2.24) is 9.80 Å². The van der Waals surface area contributed by atoms with Gasteiger partial charge in [0.05, 0.1) is 19.3 Å². The summed E-state index contributed by atoms with van der Waals surface area (Å²) in [7, 11) is 1.42. The second-order valence-electron chi connectivity index (χ2n) is 6.92. The third-order valence-corrected chi connectivity index (χ3v) is 5.62. The molecule has 9 heteroatoms. The molecule has 0 unspecified atom stereocenters. The molecule has 2 aromatic rings. The Morgan fingerprint density at radius 1 is 1.13 bits per heavy atom. The first kappa shape index (κ1) is 22.9. The number of ether oxygens (including phenoxy) is 1. The van der Waals surface area contributed by atoms with E-state index >= 15 is 0 Å². The van der Waals surface area contributed by atoms with Crippen molar-refractivity contribution in [3.8, 4) is 16.9 Å². The zero-order valence-corrected chi connectivity index (χ0v) is 18.5. The maximum absolute atomic E-state index is 14.7. The SMILES string of the molecule is C=CC(=O)N1CCN(C(=O)CNc2cc(-c3cc(Cl)ccc3Cl)c(F)cc2OC)CC1. The van der Waals surface area contributed by atoms with E-state index in [0.29, 0.717) is 47.5 Å². The molecule has 0 radical (unpaired) electrons. The Morgan fingerprint density at radius 3 is 2.45 bits per heavy atom. The topological polar surface area (TPSA) is 61.9 Å². The van der Waals surface area contributed by atoms with Crippen molar-refractivity contribution in [2.24, 2.45) is 0 Å². The lowest BCUT2D eigenvalue weighted by molar-refractivity contribution is -0.135. The number of carbonyl (C=O) groups is 2. The quantitative estimate of drug-likeness (QED) is 0.652. The number of amides is 2. The number of benzene rings is 2. The number of rotatable bonds is 6. The first-order valence-corrected chi connectivity index (χ1v) is 10.4. The van der Waals surface area contributed by atoms with E-state index in [1.807, 2.05) is 0 Å². The fourth-order valence-corrected chi connectivity index (χ4v) is 3.75. The molecule has 1 aliphatic rings. The minimum Gasteiger partial charge on any atom is -0.494 e. The lowest BCUT2D eigenvalue weighted by Crippen LogP contribution is -2.51. The van der Waals surface area contributed by atoms with Crippen LogP contribution in [-0.2, 0) is 9.59 Å². The van der Waals surface area contributed by atoms with E-state index < -0.39 is 5.82 Å². The summed E-state index contributed by atoms with van der Waals surface area (Å²) in [5, 5.41) is 3.80. The van der Waals surface area contributed by atoms with E-state index in [1.165, 1.54) is 19.3 Å². The van der Waals surface area contributed by atoms with Crippen LogP contribution in [0.4, 0.5) is 10.1 Å². The highest BCUT2D eigenvalue weighted by molar-refractivity contribution is 6.35. The van der Waals surface area contributed by atoms with Crippen LogP contribution in [0.1, 0.15) is 0 Å². The maximum atomic E-state index is 14.7. The van der Waals surface area contributed by atoms with Crippen molar-refractivity contribution in [3.63, 3.8) is 0 Å². The Kier molecular flexibility index (Phi) is 7.41. The largest absolute Gasteiger partial charge is 0.494 e. The first-order chi connectivity index (χ1) is 14.8. The fraction of sp³-hybridized carbons (Fsp3) is 0.273. The van der Waals surface area contributed by atoms with E-state index in [4.69, 9.17) is 27.9 Å². The normalized spacial score (nSPS) is 13.7. The van der Waals surface area contributed by atoms with Gasteiger partial charge in [-0.05, 0) is 30.3 Å². The number of nitrogens with zero attached hydrogens (tertiary/aromatic N) is 2. The molecule has 2 aromatic carbocycles. The molecule has 0 atom stereocenters. The number of hydrogen-bond acceptors (Lipinski definition) is 4. The van der Waals surface area contributed by atoms with E-state index in [1.54, 1.807) is 34.1 Å². The highest BCUT2D eigenvalue weighted by Crippen LogP contribution is 2.37. The van der Waals surface area contributed by atoms with Gasteiger partial charge in [0.1, 0.15) is 11.6 Å². The van der Waals surface area contributed by atoms with E-state index in [2.05, 4.69) is 11.9 Å². The van der Waals surface area contributed by atoms with Gasteiger partial charge in [-0.2, -0.15) is 0 Å². The highest BCUT2D eigenvalue weighted by Gasteiger charge is 2.23. The van der Waals surface area contributed by atoms with E-state index in [9.17, 15) is 14.0 Å². The third kappa shape index (κ3) is 5.29. The smallest absolute Gasteiger partial charge is 0.246 e. The molecule has 1 saturated heterocycles. The Labute approximate surface area is 190 Å². The van der Waals surface area contributed by atoms with Gasteiger partial charge in [0, 0.05) is 53.4 Å². The summed E-state index contributed by atoms with van der Waals surface area (Å²) in [5.41, 5.74) is 1.12. The predicted molar refractivity (Wildman–Crippen MR) is 120 cm³/mol. The minimum atomic E-state index is -0.527. The summed E-state index contributed by atoms with van der Waals surface area (Å²) in [6.07, 6.45) is 1.27. The van der Waals surface area contributed by atoms with Crippen LogP contribution in [0.5, 0.6) is 5.75 Å². The number of piperazine rings is 1. The molecule has 0 spiro atoms. The van der Waals surface area contributed by atoms with Gasteiger partial charge < -0.3 is 19.9 Å². The van der Waals surface area contributed by atoms with Gasteiger partial charge in [0.2, 0.25) is 11.8 Å². The van der Waals surface area contributed by atoms with Crippen LogP contribution in [0.3, 0.4) is 0 Å². The van der Waals surface area contributed by atoms with Crippen LogP contribution in [0.15, 0.2) is 43.0 Å². The molecule has 1 heterocycles. The molecular weight excluding hydrogens is 444 g/mol. The summed E-state index contributed by atoms with van der Waals surface area (Å²) in [6.45, 7) is 5.24. The van der Waals surface area contributed by atoms with Gasteiger partial charge in [-0.15, -0.1) is 0 Å². The minimum absolute atomic E-state index is 0.0138. The average Bonchev–Trinajstić information content (AvgIpc) is 2.79. The van der Waals surface area contributed by atoms with Gasteiger partial charge in [-0.25, -0.2) is 4.39 Å². The van der Waals surface area contributed by atoms with Crippen molar-refractivity contribution in [2.75, 3.05) is 45.2 Å². The monoisotopic (exact) mass is 465 g/mol. The number of hydrogen-bond donors (Lipinski definition) is 1. The number of halogens is 3. The second-order valence-corrected chi connectivity index (χ2v) is 7.76. The molecule has 0 aliphatic carbocycles. The molecule has 1 fully saturated rings. The molecule has 0 aromatic heterocycles. The van der Waals surface area contributed by atoms with Gasteiger partial charge in [0.15, 0.2) is 0 Å². The second kappa shape index (κ2) is 10.0. The van der Waals surface area contributed by atoms with Crippen LogP contribution in [0.2, 0.25) is 10.0 Å². The predicted octanol–water partition coefficient (Wildman–Crippen LogP) is 4.08. The maximum Gasteiger partial charge on any atom is 0.246 e. The van der Waals surface area contributed by atoms with Gasteiger partial charge in [-0.1, -0.05) is 29.8 Å². The fourth-order valence-electron chi connectivity index (χ4n) is 3.36. The van der Waals surface area contributed by atoms with Crippen LogP contribution < -0.4 is 10.1 Å². The zero-order valence-electron chi connectivity index (χ0n) is 17.0. The first-order valence-electron chi connectivity index (χ1n) is 9.60. The number of nitrogens with one attached hydrogen (secondary N) is 1. The summed E-state index contributed by atoms with van der Waals surface area (Å²) < 4.78 is 20.0. The summed E-state index contributed by atoms with van der Waals surface area (Å²) >= 11 is 12.3. The van der Waals surface area contributed by atoms with E-state index in [0.717, 1.165) is 0 Å². The molecule has 3 rings (SSSR count). The summed E-state index contributed by atoms with van der Waals surface area (Å²) in [4.78, 5) is 27.6. The average molecular weight is 466 g/mol. The van der Waals surface area contributed by atoms with Gasteiger partial charge >= 0.3 is 0 Å². The Balaban J connectivity index is 1.74. The summed E-state index contributed by atoms with van der Waals surface area (Å²) in [6, 6.07) is 7.57. The third-order valence-electron chi connectivity index (χ3n) is 5.06. The Bertz CT molecular complexity index is 1010. The zero-order chi connectivity index (χ0) is 22.5. The molecule has 0 saturated carbocycles. The molecule has 1 aliphatic heterocycles. The van der Waals surface area contributed by atoms with Crippen molar-refractivity contribution >= 4 is 40.7 Å². The Morgan fingerprint density at radius 2 is 1.81 bits per heavy atom. The lowest BCUT2D eigenvalue weighted by atomic mass is 10.0. The molecule has 31 heavy (non-hydrogen) atoms. The van der Waals surface area contributed by atoms with Gasteiger partial charge in [0.25, 0.3) is 0 Å². The molecule has 6 nitrogen and oxygen atoms in total. The van der Waals surface area contributed by atoms with Crippen LogP contribution in [-0.4, -0.2) is 61.4 Å². The van der Waals surface area contributed by atoms with E-state index in [-0.39, 0.29) is 29.7 Å². The van der Waals surface area contributed by atoms with Crippen molar-refractivity contribution < 1.29 is 18.7 Å². The molecule has 1 N–H and O–H groups in total.